The first-order valence-electron chi connectivity index (χ1n) is 6.44. The van der Waals surface area contributed by atoms with Gasteiger partial charge < -0.3 is 15.0 Å². The lowest BCUT2D eigenvalue weighted by Gasteiger charge is -2.29. The van der Waals surface area contributed by atoms with Crippen molar-refractivity contribution in [3.8, 4) is 5.75 Å². The number of nitrogens with zero attached hydrogens (tertiary/aromatic N) is 1. The second kappa shape index (κ2) is 7.08. The van der Waals surface area contributed by atoms with Gasteiger partial charge >= 0.3 is 5.51 Å². The molecule has 1 heterocycles. The molecule has 0 aliphatic carbocycles. The quantitative estimate of drug-likeness (QED) is 0.846. The van der Waals surface area contributed by atoms with Crippen molar-refractivity contribution in [2.75, 3.05) is 43.4 Å². The van der Waals surface area contributed by atoms with Crippen LogP contribution >= 0.6 is 11.8 Å². The van der Waals surface area contributed by atoms with E-state index in [-0.39, 0.29) is 24.1 Å². The number of alkyl halides is 3. The smallest absolute Gasteiger partial charge is 0.441 e. The van der Waals surface area contributed by atoms with E-state index >= 15 is 0 Å². The number of piperazine rings is 1. The minimum atomic E-state index is -4.19. The summed E-state index contributed by atoms with van der Waals surface area (Å²) in [4.78, 5) is 2.26. The highest BCUT2D eigenvalue weighted by atomic mass is 32.2. The lowest BCUT2D eigenvalue weighted by molar-refractivity contribution is -0.0329. The Hall–Kier alpha value is -1.08. The predicted molar refractivity (Wildman–Crippen MR) is 75.5 cm³/mol. The highest BCUT2D eigenvalue weighted by Gasteiger charge is 2.27. The van der Waals surface area contributed by atoms with Crippen LogP contribution in [0.15, 0.2) is 24.3 Å². The summed E-state index contributed by atoms with van der Waals surface area (Å²) in [6, 6.07) is 7.49. The maximum atomic E-state index is 11.9. The molecule has 1 aliphatic rings. The molecule has 0 amide bonds. The molecule has 1 fully saturated rings. The van der Waals surface area contributed by atoms with E-state index in [4.69, 9.17) is 4.74 Å². The maximum absolute atomic E-state index is 11.9. The van der Waals surface area contributed by atoms with Crippen LogP contribution in [0.2, 0.25) is 0 Å². The van der Waals surface area contributed by atoms with Crippen LogP contribution in [-0.4, -0.2) is 44.0 Å². The van der Waals surface area contributed by atoms with E-state index in [0.29, 0.717) is 5.75 Å². The Morgan fingerprint density at radius 2 is 1.80 bits per heavy atom. The molecule has 0 atom stereocenters. The molecule has 20 heavy (non-hydrogen) atoms. The Labute approximate surface area is 120 Å². The number of benzene rings is 1. The molecule has 112 valence electrons. The van der Waals surface area contributed by atoms with E-state index in [2.05, 4.69) is 10.2 Å². The average Bonchev–Trinajstić information content (AvgIpc) is 2.44. The summed E-state index contributed by atoms with van der Waals surface area (Å²) < 4.78 is 41.1. The number of hydrogen-bond donors (Lipinski definition) is 1. The Balaban J connectivity index is 1.76. The molecule has 1 aromatic carbocycles. The molecular weight excluding hydrogens is 289 g/mol. The molecule has 0 bridgehead atoms. The summed E-state index contributed by atoms with van der Waals surface area (Å²) in [5.74, 6) is 0.509. The van der Waals surface area contributed by atoms with Crippen LogP contribution in [0, 0.1) is 0 Å². The number of rotatable bonds is 5. The fraction of sp³-hybridized carbons (Fsp3) is 0.538. The van der Waals surface area contributed by atoms with E-state index in [1.54, 1.807) is 12.1 Å². The van der Waals surface area contributed by atoms with Crippen LogP contribution in [0.1, 0.15) is 0 Å². The summed E-state index contributed by atoms with van der Waals surface area (Å²) in [6.07, 6.45) is 0. The zero-order chi connectivity index (χ0) is 14.4. The molecule has 1 aliphatic heterocycles. The van der Waals surface area contributed by atoms with E-state index in [1.807, 2.05) is 12.1 Å². The number of ether oxygens (including phenoxy) is 1. The van der Waals surface area contributed by atoms with Crippen LogP contribution in [0.4, 0.5) is 18.9 Å². The molecule has 7 heteroatoms. The van der Waals surface area contributed by atoms with Gasteiger partial charge in [0.1, 0.15) is 5.75 Å². The van der Waals surface area contributed by atoms with Crippen molar-refractivity contribution in [2.24, 2.45) is 0 Å². The van der Waals surface area contributed by atoms with E-state index < -0.39 is 5.51 Å². The van der Waals surface area contributed by atoms with Gasteiger partial charge in [-0.3, -0.25) is 0 Å². The van der Waals surface area contributed by atoms with Crippen molar-refractivity contribution < 1.29 is 17.9 Å². The van der Waals surface area contributed by atoms with Crippen LogP contribution in [0.3, 0.4) is 0 Å². The number of anilines is 1. The Morgan fingerprint density at radius 3 is 2.40 bits per heavy atom. The molecule has 0 spiro atoms. The standard InChI is InChI=1S/C13H17F3N2OS/c14-13(15,16)20-10-9-19-12-3-1-11(2-4-12)18-7-5-17-6-8-18/h1-4,17H,5-10H2. The number of halogens is 3. The number of hydrogen-bond acceptors (Lipinski definition) is 4. The molecule has 1 N–H and O–H groups in total. The second-order valence-electron chi connectivity index (χ2n) is 4.37. The zero-order valence-electron chi connectivity index (χ0n) is 10.9. The molecular formula is C13H17F3N2OS. The first-order valence-corrected chi connectivity index (χ1v) is 7.42. The molecule has 0 aromatic heterocycles. The number of thioether (sulfide) groups is 1. The highest BCUT2D eigenvalue weighted by molar-refractivity contribution is 8.00. The van der Waals surface area contributed by atoms with Crippen LogP contribution in [0.5, 0.6) is 5.75 Å². The molecule has 0 unspecified atom stereocenters. The summed E-state index contributed by atoms with van der Waals surface area (Å²) in [6.45, 7) is 3.90. The van der Waals surface area contributed by atoms with Gasteiger partial charge in [-0.25, -0.2) is 0 Å². The minimum absolute atomic E-state index is 0.0527. The van der Waals surface area contributed by atoms with Gasteiger partial charge in [0.15, 0.2) is 0 Å². The van der Waals surface area contributed by atoms with Crippen molar-refractivity contribution >= 4 is 17.4 Å². The van der Waals surface area contributed by atoms with Gasteiger partial charge in [-0.1, -0.05) is 0 Å². The molecule has 1 aromatic rings. The highest BCUT2D eigenvalue weighted by Crippen LogP contribution is 2.29. The van der Waals surface area contributed by atoms with Gasteiger partial charge in [0.2, 0.25) is 0 Å². The topological polar surface area (TPSA) is 24.5 Å². The number of nitrogens with one attached hydrogen (secondary N) is 1. The summed E-state index contributed by atoms with van der Waals surface area (Å²) >= 11 is -0.0615. The largest absolute Gasteiger partial charge is 0.493 e. The van der Waals surface area contributed by atoms with Gasteiger partial charge in [-0.05, 0) is 36.0 Å². The Kier molecular flexibility index (Phi) is 5.42. The normalized spacial score (nSPS) is 16.2. The average molecular weight is 306 g/mol. The fourth-order valence-electron chi connectivity index (χ4n) is 1.99. The summed E-state index contributed by atoms with van der Waals surface area (Å²) in [5.41, 5.74) is -3.07. The maximum Gasteiger partial charge on any atom is 0.441 e. The molecule has 3 nitrogen and oxygen atoms in total. The van der Waals surface area contributed by atoms with Crippen molar-refractivity contribution in [1.29, 1.82) is 0 Å². The van der Waals surface area contributed by atoms with E-state index in [9.17, 15) is 13.2 Å². The third-order valence-corrected chi connectivity index (χ3v) is 3.63. The van der Waals surface area contributed by atoms with E-state index in [0.717, 1.165) is 31.9 Å². The Bertz CT molecular complexity index is 405. The van der Waals surface area contributed by atoms with Crippen LogP contribution < -0.4 is 15.0 Å². The van der Waals surface area contributed by atoms with Gasteiger partial charge in [0.05, 0.1) is 6.61 Å². The third-order valence-electron chi connectivity index (χ3n) is 2.94. The lowest BCUT2D eigenvalue weighted by atomic mass is 10.2. The van der Waals surface area contributed by atoms with Crippen LogP contribution in [-0.2, 0) is 0 Å². The second-order valence-corrected chi connectivity index (χ2v) is 5.53. The van der Waals surface area contributed by atoms with Crippen molar-refractivity contribution in [3.05, 3.63) is 24.3 Å². The SMILES string of the molecule is FC(F)(F)SCCOc1ccc(N2CCNCC2)cc1. The monoisotopic (exact) mass is 306 g/mol. The van der Waals surface area contributed by atoms with Gasteiger partial charge in [-0.2, -0.15) is 13.2 Å². The third kappa shape index (κ3) is 5.13. The summed E-state index contributed by atoms with van der Waals surface area (Å²) in [5, 5.41) is 3.28. The van der Waals surface area contributed by atoms with Gasteiger partial charge in [0.25, 0.3) is 0 Å². The predicted octanol–water partition coefficient (Wildman–Crippen LogP) is 2.73. The molecule has 2 rings (SSSR count). The molecule has 1 saturated heterocycles. The molecule has 0 radical (unpaired) electrons. The van der Waals surface area contributed by atoms with E-state index in [1.165, 1.54) is 0 Å². The van der Waals surface area contributed by atoms with Gasteiger partial charge in [-0.15, -0.1) is 0 Å². The van der Waals surface area contributed by atoms with Crippen molar-refractivity contribution in [2.45, 2.75) is 5.51 Å². The lowest BCUT2D eigenvalue weighted by Crippen LogP contribution is -2.43. The van der Waals surface area contributed by atoms with Crippen molar-refractivity contribution in [1.82, 2.24) is 5.32 Å². The zero-order valence-corrected chi connectivity index (χ0v) is 11.8. The molecule has 0 saturated carbocycles. The van der Waals surface area contributed by atoms with Gasteiger partial charge in [0, 0.05) is 37.6 Å². The van der Waals surface area contributed by atoms with Crippen molar-refractivity contribution in [3.63, 3.8) is 0 Å². The fourth-order valence-corrected chi connectivity index (χ4v) is 2.39. The van der Waals surface area contributed by atoms with Crippen LogP contribution in [0.25, 0.3) is 0 Å². The Morgan fingerprint density at radius 1 is 1.15 bits per heavy atom. The minimum Gasteiger partial charge on any atom is -0.493 e. The first kappa shape index (κ1) is 15.3. The first-order chi connectivity index (χ1) is 9.54. The summed E-state index contributed by atoms with van der Waals surface area (Å²) in [7, 11) is 0.